The van der Waals surface area contributed by atoms with Crippen molar-refractivity contribution in [2.75, 3.05) is 5.32 Å². The molecular weight excluding hydrogens is 232 g/mol. The first-order chi connectivity index (χ1) is 8.54. The van der Waals surface area contributed by atoms with Gasteiger partial charge in [0.2, 0.25) is 5.82 Å². The number of hydrogen-bond donors (Lipinski definition) is 1. The minimum atomic E-state index is -0.337. The van der Waals surface area contributed by atoms with Crippen LogP contribution in [0.15, 0.2) is 0 Å². The first kappa shape index (κ1) is 12.9. The van der Waals surface area contributed by atoms with Crippen molar-refractivity contribution in [1.29, 1.82) is 0 Å². The number of nitrogens with zero attached hydrogens (tertiary/aromatic N) is 3. The van der Waals surface area contributed by atoms with Gasteiger partial charge in [-0.2, -0.15) is 5.10 Å². The van der Waals surface area contributed by atoms with Crippen LogP contribution in [0.2, 0.25) is 0 Å². The van der Waals surface area contributed by atoms with Crippen LogP contribution < -0.4 is 5.32 Å². The molecule has 1 heterocycles. The average Bonchev–Trinajstić information content (AvgIpc) is 3.07. The Hall–Kier alpha value is -1.59. The van der Waals surface area contributed by atoms with Gasteiger partial charge in [0.05, 0.1) is 4.92 Å². The van der Waals surface area contributed by atoms with E-state index in [-0.39, 0.29) is 16.7 Å². The summed E-state index contributed by atoms with van der Waals surface area (Å²) >= 11 is 0. The van der Waals surface area contributed by atoms with Gasteiger partial charge in [0.25, 0.3) is 0 Å². The molecule has 0 aromatic carbocycles. The second kappa shape index (κ2) is 4.96. The normalized spacial score (nSPS) is 16.6. The van der Waals surface area contributed by atoms with Crippen molar-refractivity contribution in [3.8, 4) is 0 Å². The number of aromatic nitrogens is 2. The summed E-state index contributed by atoms with van der Waals surface area (Å²) in [6.07, 6.45) is 3.33. The van der Waals surface area contributed by atoms with E-state index in [2.05, 4.69) is 17.3 Å². The van der Waals surface area contributed by atoms with Crippen molar-refractivity contribution < 1.29 is 4.92 Å². The first-order valence-electron chi connectivity index (χ1n) is 6.53. The molecule has 18 heavy (non-hydrogen) atoms. The summed E-state index contributed by atoms with van der Waals surface area (Å²) in [5.74, 6) is 1.22. The molecule has 1 aliphatic carbocycles. The van der Waals surface area contributed by atoms with Gasteiger partial charge in [-0.3, -0.25) is 10.1 Å². The molecule has 100 valence electrons. The number of nitrogens with one attached hydrogen (secondary N) is 1. The molecule has 0 saturated heterocycles. The number of rotatable bonds is 6. The molecule has 0 amide bonds. The van der Waals surface area contributed by atoms with E-state index < -0.39 is 0 Å². The summed E-state index contributed by atoms with van der Waals surface area (Å²) in [4.78, 5) is 10.8. The highest BCUT2D eigenvalue weighted by Crippen LogP contribution is 2.36. The van der Waals surface area contributed by atoms with E-state index in [4.69, 9.17) is 0 Å². The molecule has 0 spiro atoms. The Morgan fingerprint density at radius 2 is 2.28 bits per heavy atom. The third-order valence-corrected chi connectivity index (χ3v) is 3.41. The van der Waals surface area contributed by atoms with E-state index in [1.165, 1.54) is 12.8 Å². The third kappa shape index (κ3) is 2.47. The average molecular weight is 252 g/mol. The summed E-state index contributed by atoms with van der Waals surface area (Å²) in [7, 11) is 0. The molecule has 6 heteroatoms. The van der Waals surface area contributed by atoms with E-state index in [9.17, 15) is 10.1 Å². The van der Waals surface area contributed by atoms with Gasteiger partial charge in [-0.25, -0.2) is 4.68 Å². The summed E-state index contributed by atoms with van der Waals surface area (Å²) < 4.78 is 1.73. The maximum Gasteiger partial charge on any atom is 0.333 e. The smallest absolute Gasteiger partial charge is 0.333 e. The lowest BCUT2D eigenvalue weighted by atomic mass is 10.2. The van der Waals surface area contributed by atoms with Gasteiger partial charge in [-0.05, 0) is 39.0 Å². The molecule has 1 aliphatic rings. The largest absolute Gasteiger partial charge is 0.362 e. The van der Waals surface area contributed by atoms with Gasteiger partial charge in [0.15, 0.2) is 0 Å². The van der Waals surface area contributed by atoms with Gasteiger partial charge in [-0.15, -0.1) is 0 Å². The van der Waals surface area contributed by atoms with Crippen molar-refractivity contribution in [2.45, 2.75) is 52.6 Å². The number of aryl methyl sites for hydroxylation is 2. The van der Waals surface area contributed by atoms with E-state index in [0.29, 0.717) is 24.0 Å². The van der Waals surface area contributed by atoms with Crippen LogP contribution in [0.4, 0.5) is 11.5 Å². The van der Waals surface area contributed by atoms with E-state index in [1.807, 2.05) is 6.92 Å². The molecule has 2 rings (SSSR count). The van der Waals surface area contributed by atoms with Crippen molar-refractivity contribution >= 4 is 11.5 Å². The number of hydrogen-bond acceptors (Lipinski definition) is 4. The van der Waals surface area contributed by atoms with Gasteiger partial charge < -0.3 is 5.32 Å². The summed E-state index contributed by atoms with van der Waals surface area (Å²) in [6.45, 7) is 6.52. The molecule has 1 N–H and O–H groups in total. The standard InChI is InChI=1S/C12H20N4O2/c1-4-7-15-12(13-8(2)10-5-6-10)11(16(17)18)9(3)14-15/h8,10,13H,4-7H2,1-3H3. The van der Waals surface area contributed by atoms with Crippen LogP contribution >= 0.6 is 0 Å². The van der Waals surface area contributed by atoms with E-state index in [0.717, 1.165) is 6.42 Å². The monoisotopic (exact) mass is 252 g/mol. The lowest BCUT2D eigenvalue weighted by Crippen LogP contribution is -2.20. The van der Waals surface area contributed by atoms with Crippen molar-refractivity contribution in [1.82, 2.24) is 9.78 Å². The minimum absolute atomic E-state index is 0.121. The predicted molar refractivity (Wildman–Crippen MR) is 69.7 cm³/mol. The maximum atomic E-state index is 11.1. The van der Waals surface area contributed by atoms with Crippen molar-refractivity contribution in [3.05, 3.63) is 15.8 Å². The Kier molecular flexibility index (Phi) is 3.54. The third-order valence-electron chi connectivity index (χ3n) is 3.41. The second-order valence-electron chi connectivity index (χ2n) is 5.03. The zero-order valence-corrected chi connectivity index (χ0v) is 11.1. The molecule has 1 unspecified atom stereocenters. The fourth-order valence-corrected chi connectivity index (χ4v) is 2.24. The molecule has 0 radical (unpaired) electrons. The maximum absolute atomic E-state index is 11.1. The molecule has 0 aliphatic heterocycles. The van der Waals surface area contributed by atoms with Gasteiger partial charge in [0, 0.05) is 12.6 Å². The predicted octanol–water partition coefficient (Wildman–Crippen LogP) is 2.72. The highest BCUT2D eigenvalue weighted by Gasteiger charge is 2.32. The van der Waals surface area contributed by atoms with Gasteiger partial charge >= 0.3 is 5.69 Å². The topological polar surface area (TPSA) is 73.0 Å². The van der Waals surface area contributed by atoms with Gasteiger partial charge in [-0.1, -0.05) is 6.92 Å². The number of anilines is 1. The molecular formula is C12H20N4O2. The Morgan fingerprint density at radius 3 is 2.78 bits per heavy atom. The van der Waals surface area contributed by atoms with Crippen LogP contribution in [0, 0.1) is 23.0 Å². The SMILES string of the molecule is CCCn1nc(C)c([N+](=O)[O-])c1NC(C)C1CC1. The molecule has 0 bridgehead atoms. The Bertz CT molecular complexity index is 451. The Labute approximate surface area is 107 Å². The summed E-state index contributed by atoms with van der Waals surface area (Å²) in [5, 5.41) is 18.7. The first-order valence-corrected chi connectivity index (χ1v) is 6.53. The fraction of sp³-hybridized carbons (Fsp3) is 0.750. The van der Waals surface area contributed by atoms with Crippen LogP contribution in [0.1, 0.15) is 38.8 Å². The lowest BCUT2D eigenvalue weighted by Gasteiger charge is -2.14. The van der Waals surface area contributed by atoms with Crippen LogP contribution in [0.5, 0.6) is 0 Å². The van der Waals surface area contributed by atoms with Crippen LogP contribution in [-0.2, 0) is 6.54 Å². The lowest BCUT2D eigenvalue weighted by molar-refractivity contribution is -0.384. The molecule has 6 nitrogen and oxygen atoms in total. The zero-order valence-electron chi connectivity index (χ0n) is 11.1. The highest BCUT2D eigenvalue weighted by molar-refractivity contribution is 5.60. The molecule has 1 aromatic heterocycles. The highest BCUT2D eigenvalue weighted by atomic mass is 16.6. The second-order valence-corrected chi connectivity index (χ2v) is 5.03. The quantitative estimate of drug-likeness (QED) is 0.624. The number of nitro groups is 1. The van der Waals surface area contributed by atoms with Crippen LogP contribution in [-0.4, -0.2) is 20.7 Å². The Morgan fingerprint density at radius 1 is 1.61 bits per heavy atom. The Balaban J connectivity index is 2.30. The molecule has 1 saturated carbocycles. The van der Waals surface area contributed by atoms with Crippen molar-refractivity contribution in [2.24, 2.45) is 5.92 Å². The summed E-state index contributed by atoms with van der Waals surface area (Å²) in [5.41, 5.74) is 0.606. The molecule has 1 atom stereocenters. The summed E-state index contributed by atoms with van der Waals surface area (Å²) in [6, 6.07) is 0.274. The minimum Gasteiger partial charge on any atom is -0.362 e. The van der Waals surface area contributed by atoms with Gasteiger partial charge in [0.1, 0.15) is 5.69 Å². The molecule has 1 aromatic rings. The van der Waals surface area contributed by atoms with Crippen molar-refractivity contribution in [3.63, 3.8) is 0 Å². The van der Waals surface area contributed by atoms with E-state index in [1.54, 1.807) is 11.6 Å². The van der Waals surface area contributed by atoms with E-state index >= 15 is 0 Å². The van der Waals surface area contributed by atoms with Crippen LogP contribution in [0.3, 0.4) is 0 Å². The van der Waals surface area contributed by atoms with Crippen LogP contribution in [0.25, 0.3) is 0 Å². The molecule has 1 fully saturated rings. The fourth-order valence-electron chi connectivity index (χ4n) is 2.24. The zero-order chi connectivity index (χ0) is 13.3.